The van der Waals surface area contributed by atoms with Crippen LogP contribution in [0.5, 0.6) is 0 Å². The lowest BCUT2D eigenvalue weighted by Gasteiger charge is -2.07. The topological polar surface area (TPSA) is 108 Å². The van der Waals surface area contributed by atoms with Gasteiger partial charge in [-0.1, -0.05) is 30.3 Å². The zero-order valence-electron chi connectivity index (χ0n) is 10.8. The van der Waals surface area contributed by atoms with Gasteiger partial charge in [0.1, 0.15) is 18.1 Å². The van der Waals surface area contributed by atoms with Crippen molar-refractivity contribution >= 4 is 17.9 Å². The van der Waals surface area contributed by atoms with Gasteiger partial charge in [0.25, 0.3) is 0 Å². The molecule has 0 radical (unpaired) electrons. The molecule has 0 saturated carbocycles. The second kappa shape index (κ2) is 6.38. The maximum absolute atomic E-state index is 11.6. The molecule has 0 aliphatic carbocycles. The Labute approximate surface area is 119 Å². The van der Waals surface area contributed by atoms with Gasteiger partial charge in [-0.15, -0.1) is 0 Å². The summed E-state index contributed by atoms with van der Waals surface area (Å²) in [4.78, 5) is 36.1. The summed E-state index contributed by atoms with van der Waals surface area (Å²) in [6.07, 6.45) is -0.794. The van der Waals surface area contributed by atoms with E-state index in [1.807, 2.05) is 18.2 Å². The number of anilines is 1. The normalized spacial score (nSPS) is 9.90. The lowest BCUT2D eigenvalue weighted by Crippen LogP contribution is -2.18. The minimum Gasteiger partial charge on any atom is -0.477 e. The predicted molar refractivity (Wildman–Crippen MR) is 74.3 cm³/mol. The molecule has 1 amide bonds. The zero-order chi connectivity index (χ0) is 15.2. The number of carboxylic acids is 1. The average Bonchev–Trinajstić information content (AvgIpc) is 2.45. The number of amides is 1. The molecule has 1 heterocycles. The van der Waals surface area contributed by atoms with Crippen LogP contribution in [-0.2, 0) is 11.3 Å². The van der Waals surface area contributed by atoms with Crippen molar-refractivity contribution in [3.05, 3.63) is 63.9 Å². The Hall–Kier alpha value is -3.09. The molecule has 0 unspecified atom stereocenters. The van der Waals surface area contributed by atoms with Gasteiger partial charge in [-0.05, 0) is 5.56 Å². The Balaban J connectivity index is 1.99. The number of carboxylic acid groups (broad SMARTS) is 1. The van der Waals surface area contributed by atoms with Gasteiger partial charge >= 0.3 is 12.1 Å². The number of hydrogen-bond acceptors (Lipinski definition) is 4. The molecule has 7 heteroatoms. The van der Waals surface area contributed by atoms with Gasteiger partial charge in [0.15, 0.2) is 5.43 Å². The molecule has 0 fully saturated rings. The third kappa shape index (κ3) is 4.20. The first-order valence-electron chi connectivity index (χ1n) is 6.00. The van der Waals surface area contributed by atoms with Gasteiger partial charge in [0, 0.05) is 12.1 Å². The molecule has 0 atom stereocenters. The standard InChI is InChI=1S/C14H12N2O5/c17-10-6-11(13(18)19)15-12(7-10)16-14(20)21-8-9-4-2-1-3-5-9/h1-7H,8H2,(H,18,19)(H2,15,16,17,20). The number of ether oxygens (including phenoxy) is 1. The van der Waals surface area contributed by atoms with Gasteiger partial charge in [-0.3, -0.25) is 10.1 Å². The molecule has 0 saturated heterocycles. The highest BCUT2D eigenvalue weighted by molar-refractivity contribution is 5.87. The van der Waals surface area contributed by atoms with E-state index in [-0.39, 0.29) is 18.1 Å². The molecule has 1 aromatic heterocycles. The molecule has 1 aromatic carbocycles. The number of carbonyl (C=O) groups is 2. The van der Waals surface area contributed by atoms with Crippen LogP contribution in [0.3, 0.4) is 0 Å². The van der Waals surface area contributed by atoms with Crippen molar-refractivity contribution in [3.8, 4) is 0 Å². The first-order valence-corrected chi connectivity index (χ1v) is 6.00. The van der Waals surface area contributed by atoms with Gasteiger partial charge < -0.3 is 14.8 Å². The van der Waals surface area contributed by atoms with Gasteiger partial charge in [0.05, 0.1) is 0 Å². The molecule has 0 aliphatic rings. The summed E-state index contributed by atoms with van der Waals surface area (Å²) in [7, 11) is 0. The first kappa shape index (κ1) is 14.3. The molecule has 0 bridgehead atoms. The van der Waals surface area contributed by atoms with Crippen molar-refractivity contribution in [2.75, 3.05) is 5.32 Å². The van der Waals surface area contributed by atoms with E-state index in [4.69, 9.17) is 9.84 Å². The van der Waals surface area contributed by atoms with Crippen LogP contribution >= 0.6 is 0 Å². The van der Waals surface area contributed by atoms with E-state index in [0.29, 0.717) is 0 Å². The Bertz CT molecular complexity index is 709. The number of aromatic carboxylic acids is 1. The minimum atomic E-state index is -1.30. The van der Waals surface area contributed by atoms with Crippen LogP contribution in [-0.4, -0.2) is 22.2 Å². The highest BCUT2D eigenvalue weighted by Crippen LogP contribution is 2.04. The number of aromatic nitrogens is 1. The van der Waals surface area contributed by atoms with E-state index < -0.39 is 17.5 Å². The summed E-state index contributed by atoms with van der Waals surface area (Å²) in [5.74, 6) is -1.34. The van der Waals surface area contributed by atoms with E-state index in [9.17, 15) is 14.4 Å². The fourth-order valence-electron chi connectivity index (χ4n) is 1.60. The molecule has 21 heavy (non-hydrogen) atoms. The van der Waals surface area contributed by atoms with E-state index in [1.165, 1.54) is 0 Å². The minimum absolute atomic E-state index is 0.0436. The third-order valence-electron chi connectivity index (χ3n) is 2.52. The molecule has 108 valence electrons. The number of H-pyrrole nitrogens is 1. The number of hydrogen-bond donors (Lipinski definition) is 3. The lowest BCUT2D eigenvalue weighted by molar-refractivity contribution is 0.0690. The van der Waals surface area contributed by atoms with Crippen LogP contribution in [0.1, 0.15) is 16.1 Å². The maximum atomic E-state index is 11.6. The number of rotatable bonds is 4. The quantitative estimate of drug-likeness (QED) is 0.795. The molecular formula is C14H12N2O5. The summed E-state index contributed by atoms with van der Waals surface area (Å²) >= 11 is 0. The smallest absolute Gasteiger partial charge is 0.413 e. The van der Waals surface area contributed by atoms with Crippen LogP contribution in [0.2, 0.25) is 0 Å². The van der Waals surface area contributed by atoms with Crippen molar-refractivity contribution in [1.82, 2.24) is 4.98 Å². The van der Waals surface area contributed by atoms with E-state index >= 15 is 0 Å². The number of benzene rings is 1. The van der Waals surface area contributed by atoms with Crippen LogP contribution in [0, 0.1) is 0 Å². The molecular weight excluding hydrogens is 276 g/mol. The molecule has 7 nitrogen and oxygen atoms in total. The van der Waals surface area contributed by atoms with E-state index in [0.717, 1.165) is 17.7 Å². The second-order valence-corrected chi connectivity index (χ2v) is 4.14. The third-order valence-corrected chi connectivity index (χ3v) is 2.52. The zero-order valence-corrected chi connectivity index (χ0v) is 10.8. The number of nitrogens with one attached hydrogen (secondary N) is 2. The predicted octanol–water partition coefficient (Wildman–Crippen LogP) is 1.82. The molecule has 2 rings (SSSR count). The Morgan fingerprint density at radius 1 is 1.19 bits per heavy atom. The van der Waals surface area contributed by atoms with Crippen LogP contribution in [0.25, 0.3) is 0 Å². The number of pyridine rings is 1. The fraction of sp³-hybridized carbons (Fsp3) is 0.0714. The number of aromatic amines is 1. The monoisotopic (exact) mass is 288 g/mol. The number of carbonyl (C=O) groups excluding carboxylic acids is 1. The average molecular weight is 288 g/mol. The summed E-state index contributed by atoms with van der Waals surface area (Å²) in [6.45, 7) is 0.0650. The van der Waals surface area contributed by atoms with Crippen LogP contribution < -0.4 is 10.7 Å². The highest BCUT2D eigenvalue weighted by atomic mass is 16.5. The Morgan fingerprint density at radius 2 is 1.90 bits per heavy atom. The SMILES string of the molecule is O=C(Nc1cc(=O)cc(C(=O)O)[nH]1)OCc1ccccc1. The van der Waals surface area contributed by atoms with Crippen molar-refractivity contribution in [2.45, 2.75) is 6.61 Å². The Kier molecular flexibility index (Phi) is 4.35. The summed E-state index contributed by atoms with van der Waals surface area (Å²) in [5, 5.41) is 11.1. The first-order chi connectivity index (χ1) is 10.0. The van der Waals surface area contributed by atoms with Crippen molar-refractivity contribution < 1.29 is 19.4 Å². The van der Waals surface area contributed by atoms with Gasteiger partial charge in [-0.2, -0.15) is 0 Å². The van der Waals surface area contributed by atoms with Crippen molar-refractivity contribution in [1.29, 1.82) is 0 Å². The summed E-state index contributed by atoms with van der Waals surface area (Å²) in [5.41, 5.74) is -0.0502. The molecule has 0 aliphatic heterocycles. The largest absolute Gasteiger partial charge is 0.477 e. The van der Waals surface area contributed by atoms with Gasteiger partial charge in [-0.25, -0.2) is 9.59 Å². The fourth-order valence-corrected chi connectivity index (χ4v) is 1.60. The molecule has 0 spiro atoms. The lowest BCUT2D eigenvalue weighted by atomic mass is 10.2. The summed E-state index contributed by atoms with van der Waals surface area (Å²) < 4.78 is 4.95. The van der Waals surface area contributed by atoms with Gasteiger partial charge in [0.2, 0.25) is 0 Å². The maximum Gasteiger partial charge on any atom is 0.413 e. The highest BCUT2D eigenvalue weighted by Gasteiger charge is 2.09. The van der Waals surface area contributed by atoms with E-state index in [1.54, 1.807) is 12.1 Å². The van der Waals surface area contributed by atoms with E-state index in [2.05, 4.69) is 10.3 Å². The second-order valence-electron chi connectivity index (χ2n) is 4.14. The van der Waals surface area contributed by atoms with Crippen molar-refractivity contribution in [3.63, 3.8) is 0 Å². The summed E-state index contributed by atoms with van der Waals surface area (Å²) in [6, 6.07) is 11.0. The Morgan fingerprint density at radius 3 is 2.57 bits per heavy atom. The van der Waals surface area contributed by atoms with Crippen LogP contribution in [0.4, 0.5) is 10.6 Å². The van der Waals surface area contributed by atoms with Crippen molar-refractivity contribution in [2.24, 2.45) is 0 Å². The molecule has 3 N–H and O–H groups in total. The van der Waals surface area contributed by atoms with Crippen LogP contribution in [0.15, 0.2) is 47.3 Å². The molecule has 2 aromatic rings.